The first-order valence-corrected chi connectivity index (χ1v) is 9.53. The van der Waals surface area contributed by atoms with E-state index in [-0.39, 0.29) is 24.1 Å². The second-order valence-corrected chi connectivity index (χ2v) is 6.96. The Bertz CT molecular complexity index is 993. The Morgan fingerprint density at radius 1 is 0.862 bits per heavy atom. The summed E-state index contributed by atoms with van der Waals surface area (Å²) in [6.07, 6.45) is 2.00. The van der Waals surface area contributed by atoms with Crippen molar-refractivity contribution in [3.63, 3.8) is 0 Å². The van der Waals surface area contributed by atoms with Crippen molar-refractivity contribution in [2.24, 2.45) is 0 Å². The number of aromatic nitrogens is 2. The van der Waals surface area contributed by atoms with Gasteiger partial charge in [0.2, 0.25) is 5.91 Å². The van der Waals surface area contributed by atoms with Crippen LogP contribution in [0.2, 0.25) is 0 Å². The molecule has 2 heterocycles. The smallest absolute Gasteiger partial charge is 0.274 e. The van der Waals surface area contributed by atoms with E-state index in [9.17, 15) is 14.0 Å². The molecule has 1 aromatic heterocycles. The van der Waals surface area contributed by atoms with Crippen LogP contribution in [0.3, 0.4) is 0 Å². The Labute approximate surface area is 168 Å². The first kappa shape index (κ1) is 18.9. The van der Waals surface area contributed by atoms with Crippen LogP contribution >= 0.6 is 0 Å². The Kier molecular flexibility index (Phi) is 5.37. The number of piperazine rings is 1. The number of carbonyl (C=O) groups excluding carboxylic acids is 2. The highest BCUT2D eigenvalue weighted by atomic mass is 19.1. The number of hydrogen-bond acceptors (Lipinski definition) is 3. The number of nitrogens with zero attached hydrogens (tertiary/aromatic N) is 4. The lowest BCUT2D eigenvalue weighted by Gasteiger charge is -2.34. The number of rotatable bonds is 4. The van der Waals surface area contributed by atoms with Crippen molar-refractivity contribution in [3.05, 3.63) is 83.9 Å². The van der Waals surface area contributed by atoms with Crippen molar-refractivity contribution in [1.29, 1.82) is 0 Å². The second-order valence-electron chi connectivity index (χ2n) is 6.96. The Hall–Kier alpha value is -3.48. The van der Waals surface area contributed by atoms with Gasteiger partial charge in [0.05, 0.1) is 12.1 Å². The van der Waals surface area contributed by atoms with Crippen molar-refractivity contribution >= 4 is 11.8 Å². The third-order valence-electron chi connectivity index (χ3n) is 5.02. The highest BCUT2D eigenvalue weighted by Crippen LogP contribution is 2.12. The van der Waals surface area contributed by atoms with Gasteiger partial charge >= 0.3 is 0 Å². The van der Waals surface area contributed by atoms with Crippen LogP contribution < -0.4 is 0 Å². The molecule has 1 aliphatic heterocycles. The minimum atomic E-state index is -0.317. The van der Waals surface area contributed by atoms with Gasteiger partial charge in [0.25, 0.3) is 5.91 Å². The predicted octanol–water partition coefficient (Wildman–Crippen LogP) is 2.54. The molecule has 6 nitrogen and oxygen atoms in total. The average molecular weight is 392 g/mol. The standard InChI is InChI=1S/C22H21FN4O2/c23-18-8-6-17(7-9-18)16-21(28)25-12-14-26(15-13-25)22(29)20-10-11-27(24-20)19-4-2-1-3-5-19/h1-11H,12-16H2. The van der Waals surface area contributed by atoms with Crippen LogP contribution in [0.25, 0.3) is 5.69 Å². The maximum absolute atomic E-state index is 13.0. The Balaban J connectivity index is 1.33. The van der Waals surface area contributed by atoms with E-state index in [1.54, 1.807) is 38.9 Å². The molecule has 0 saturated carbocycles. The lowest BCUT2D eigenvalue weighted by molar-refractivity contribution is -0.131. The number of benzene rings is 2. The third kappa shape index (κ3) is 4.34. The zero-order chi connectivity index (χ0) is 20.2. The van der Waals surface area contributed by atoms with Gasteiger partial charge in [-0.2, -0.15) is 5.10 Å². The van der Waals surface area contributed by atoms with Crippen molar-refractivity contribution in [2.75, 3.05) is 26.2 Å². The molecule has 1 saturated heterocycles. The van der Waals surface area contributed by atoms with Crippen LogP contribution in [0.1, 0.15) is 16.1 Å². The van der Waals surface area contributed by atoms with Gasteiger partial charge in [0.15, 0.2) is 5.69 Å². The lowest BCUT2D eigenvalue weighted by atomic mass is 10.1. The SMILES string of the molecule is O=C(Cc1ccc(F)cc1)N1CCN(C(=O)c2ccn(-c3ccccc3)n2)CC1. The first-order chi connectivity index (χ1) is 14.1. The monoisotopic (exact) mass is 392 g/mol. The van der Waals surface area contributed by atoms with Crippen molar-refractivity contribution in [1.82, 2.24) is 19.6 Å². The van der Waals surface area contributed by atoms with Crippen LogP contribution in [0, 0.1) is 5.82 Å². The van der Waals surface area contributed by atoms with Gasteiger partial charge in [0, 0.05) is 32.4 Å². The van der Waals surface area contributed by atoms with E-state index in [0.29, 0.717) is 31.9 Å². The van der Waals surface area contributed by atoms with Crippen molar-refractivity contribution in [2.45, 2.75) is 6.42 Å². The van der Waals surface area contributed by atoms with E-state index in [0.717, 1.165) is 11.3 Å². The molecule has 0 spiro atoms. The van der Waals surface area contributed by atoms with Crippen molar-refractivity contribution in [3.8, 4) is 5.69 Å². The average Bonchev–Trinajstić information content (AvgIpc) is 3.26. The van der Waals surface area contributed by atoms with Gasteiger partial charge < -0.3 is 9.80 Å². The lowest BCUT2D eigenvalue weighted by Crippen LogP contribution is -2.51. The fourth-order valence-electron chi connectivity index (χ4n) is 3.37. The van der Waals surface area contributed by atoms with Gasteiger partial charge in [-0.15, -0.1) is 0 Å². The van der Waals surface area contributed by atoms with Gasteiger partial charge in [-0.3, -0.25) is 9.59 Å². The summed E-state index contributed by atoms with van der Waals surface area (Å²) in [6, 6.07) is 17.3. The highest BCUT2D eigenvalue weighted by molar-refractivity contribution is 5.92. The molecular formula is C22H21FN4O2. The summed E-state index contributed by atoms with van der Waals surface area (Å²) < 4.78 is 14.7. The normalized spacial score (nSPS) is 14.1. The summed E-state index contributed by atoms with van der Waals surface area (Å²) in [6.45, 7) is 1.88. The molecule has 4 rings (SSSR count). The highest BCUT2D eigenvalue weighted by Gasteiger charge is 2.26. The number of hydrogen-bond donors (Lipinski definition) is 0. The molecule has 1 aliphatic rings. The van der Waals surface area contributed by atoms with Crippen LogP contribution in [-0.2, 0) is 11.2 Å². The molecule has 0 bridgehead atoms. The van der Waals surface area contributed by atoms with Gasteiger partial charge in [-0.05, 0) is 35.9 Å². The van der Waals surface area contributed by atoms with Gasteiger partial charge in [-0.25, -0.2) is 9.07 Å². The van der Waals surface area contributed by atoms with Crippen molar-refractivity contribution < 1.29 is 14.0 Å². The van der Waals surface area contributed by atoms with Crippen LogP contribution in [-0.4, -0.2) is 57.6 Å². The third-order valence-corrected chi connectivity index (χ3v) is 5.02. The molecule has 2 amide bonds. The molecule has 1 fully saturated rings. The fourth-order valence-corrected chi connectivity index (χ4v) is 3.37. The molecule has 0 unspecified atom stereocenters. The summed E-state index contributed by atoms with van der Waals surface area (Å²) in [5.74, 6) is -0.467. The topological polar surface area (TPSA) is 58.4 Å². The molecule has 29 heavy (non-hydrogen) atoms. The Morgan fingerprint density at radius 3 is 2.21 bits per heavy atom. The molecule has 3 aromatic rings. The number of para-hydroxylation sites is 1. The number of amides is 2. The summed E-state index contributed by atoms with van der Waals surface area (Å²) in [5, 5.41) is 4.39. The van der Waals surface area contributed by atoms with Gasteiger partial charge in [0.1, 0.15) is 5.82 Å². The van der Waals surface area contributed by atoms with Crippen LogP contribution in [0.4, 0.5) is 4.39 Å². The molecule has 0 N–H and O–H groups in total. The quantitative estimate of drug-likeness (QED) is 0.686. The molecule has 7 heteroatoms. The summed E-state index contributed by atoms with van der Waals surface area (Å²) in [5.41, 5.74) is 2.06. The van der Waals surface area contributed by atoms with E-state index < -0.39 is 0 Å². The minimum Gasteiger partial charge on any atom is -0.339 e. The molecular weight excluding hydrogens is 371 g/mol. The van der Waals surface area contributed by atoms with E-state index in [1.807, 2.05) is 30.3 Å². The van der Waals surface area contributed by atoms with Crippen LogP contribution in [0.5, 0.6) is 0 Å². The maximum Gasteiger partial charge on any atom is 0.274 e. The van der Waals surface area contributed by atoms with E-state index in [2.05, 4.69) is 5.10 Å². The zero-order valence-corrected chi connectivity index (χ0v) is 15.9. The largest absolute Gasteiger partial charge is 0.339 e. The zero-order valence-electron chi connectivity index (χ0n) is 15.9. The maximum atomic E-state index is 13.0. The van der Waals surface area contributed by atoms with E-state index >= 15 is 0 Å². The minimum absolute atomic E-state index is 0.0166. The summed E-state index contributed by atoms with van der Waals surface area (Å²) >= 11 is 0. The summed E-state index contributed by atoms with van der Waals surface area (Å²) in [4.78, 5) is 28.7. The molecule has 2 aromatic carbocycles. The predicted molar refractivity (Wildman–Crippen MR) is 106 cm³/mol. The number of carbonyl (C=O) groups is 2. The van der Waals surface area contributed by atoms with Gasteiger partial charge in [-0.1, -0.05) is 30.3 Å². The first-order valence-electron chi connectivity index (χ1n) is 9.53. The molecule has 0 atom stereocenters. The van der Waals surface area contributed by atoms with E-state index in [1.165, 1.54) is 12.1 Å². The summed E-state index contributed by atoms with van der Waals surface area (Å²) in [7, 11) is 0. The fraction of sp³-hybridized carbons (Fsp3) is 0.227. The van der Waals surface area contributed by atoms with Crippen LogP contribution in [0.15, 0.2) is 66.9 Å². The molecule has 148 valence electrons. The molecule has 0 radical (unpaired) electrons. The second kappa shape index (κ2) is 8.26. The number of halogens is 1. The van der Waals surface area contributed by atoms with E-state index in [4.69, 9.17) is 0 Å². The Morgan fingerprint density at radius 2 is 1.52 bits per heavy atom. The molecule has 0 aliphatic carbocycles.